The molecule has 1 aromatic heterocycles. The molecule has 1 aromatic carbocycles. The zero-order valence-corrected chi connectivity index (χ0v) is 28.6. The summed E-state index contributed by atoms with van der Waals surface area (Å²) < 4.78 is 5.26. The van der Waals surface area contributed by atoms with Crippen molar-refractivity contribution in [1.82, 2.24) is 26.3 Å². The number of pyridine rings is 1. The average Bonchev–Trinajstić information content (AvgIpc) is 3.02. The molecule has 2 rings (SSSR count). The first-order valence-electron chi connectivity index (χ1n) is 15.8. The topological polar surface area (TPSA) is 159 Å². The molecule has 11 nitrogen and oxygen atoms in total. The van der Waals surface area contributed by atoms with Crippen molar-refractivity contribution >= 4 is 35.6 Å². The third kappa shape index (κ3) is 14.6. The number of amides is 4. The van der Waals surface area contributed by atoms with E-state index in [9.17, 15) is 24.3 Å². The van der Waals surface area contributed by atoms with Crippen molar-refractivity contribution in [3.8, 4) is 0 Å². The van der Waals surface area contributed by atoms with Gasteiger partial charge in [-0.15, -0.1) is 0 Å². The summed E-state index contributed by atoms with van der Waals surface area (Å²) >= 11 is 1.38. The second-order valence-corrected chi connectivity index (χ2v) is 13.3. The number of hydrogen-bond donors (Lipinski definition) is 5. The fraction of sp³-hybridized carbons (Fsp3) is 0.559. The number of aliphatic hydroxyl groups is 1. The number of hydrogen-bond acceptors (Lipinski definition) is 8. The molecule has 0 aliphatic carbocycles. The number of carbonyl (C=O) groups excluding carboxylic acids is 4. The molecule has 4 amide bonds. The number of benzene rings is 1. The van der Waals surface area contributed by atoms with Crippen LogP contribution in [-0.4, -0.2) is 70.1 Å². The van der Waals surface area contributed by atoms with Gasteiger partial charge in [-0.1, -0.05) is 71.0 Å². The summed E-state index contributed by atoms with van der Waals surface area (Å²) in [4.78, 5) is 56.0. The van der Waals surface area contributed by atoms with Crippen LogP contribution in [0.4, 0.5) is 4.79 Å². The second-order valence-electron chi connectivity index (χ2n) is 12.4. The molecular weight excluding hydrogens is 606 g/mol. The predicted molar refractivity (Wildman–Crippen MR) is 181 cm³/mol. The van der Waals surface area contributed by atoms with Gasteiger partial charge in [0.2, 0.25) is 17.7 Å². The lowest BCUT2D eigenvalue weighted by atomic mass is 9.92. The molecule has 12 heteroatoms. The smallest absolute Gasteiger partial charge is 0.408 e. The summed E-state index contributed by atoms with van der Waals surface area (Å²) in [6, 6.07) is 10.8. The average molecular weight is 658 g/mol. The zero-order chi connectivity index (χ0) is 34.1. The molecule has 5 N–H and O–H groups in total. The van der Waals surface area contributed by atoms with Crippen molar-refractivity contribution in [2.75, 3.05) is 12.0 Å². The molecule has 0 saturated carbocycles. The van der Waals surface area contributed by atoms with E-state index in [2.05, 4.69) is 26.3 Å². The van der Waals surface area contributed by atoms with Crippen LogP contribution >= 0.6 is 11.8 Å². The highest BCUT2D eigenvalue weighted by atomic mass is 32.2. The van der Waals surface area contributed by atoms with E-state index in [1.807, 2.05) is 64.3 Å². The molecule has 1 heterocycles. The number of thioether (sulfide) groups is 1. The fourth-order valence-electron chi connectivity index (χ4n) is 4.83. The van der Waals surface area contributed by atoms with E-state index in [-0.39, 0.29) is 36.7 Å². The molecule has 0 aliphatic rings. The summed E-state index contributed by atoms with van der Waals surface area (Å²) in [5, 5.41) is 22.5. The minimum absolute atomic E-state index is 0.00856. The molecule has 0 saturated heterocycles. The van der Waals surface area contributed by atoms with Gasteiger partial charge in [-0.05, 0) is 49.0 Å². The Morgan fingerprint density at radius 1 is 0.804 bits per heavy atom. The highest BCUT2D eigenvalue weighted by Gasteiger charge is 2.31. The second kappa shape index (κ2) is 20.5. The highest BCUT2D eigenvalue weighted by Crippen LogP contribution is 2.17. The predicted octanol–water partition coefficient (Wildman–Crippen LogP) is 3.80. The van der Waals surface area contributed by atoms with Crippen molar-refractivity contribution in [2.24, 2.45) is 17.8 Å². The van der Waals surface area contributed by atoms with Crippen molar-refractivity contribution in [3.63, 3.8) is 0 Å². The lowest BCUT2D eigenvalue weighted by molar-refractivity contribution is -0.132. The standard InChI is InChI=1S/C34H51N5O6S/c1-22(2)15-27(37-33(43)29(21-46-6)39-34(44)45-20-26-13-10-14-35-18-26)30(40)17-24(5)31(41)38-28(16-23(3)4)32(42)36-19-25-11-8-7-9-12-25/h7-14,18,22-24,27-30,40H,15-17,19-21H2,1-6H3,(H,36,42)(H,37,43)(H,38,41)(H,39,44)/t24-,27+,28+,29+,30+/m1/s1. The molecule has 0 bridgehead atoms. The SMILES string of the molecule is CSC[C@H](NC(=O)OCc1cccnc1)C(=O)N[C@@H](CC(C)C)[C@@H](O)C[C@@H](C)C(=O)N[C@@H](CC(C)C)C(=O)NCc1ccccc1. The summed E-state index contributed by atoms with van der Waals surface area (Å²) in [5.41, 5.74) is 1.67. The summed E-state index contributed by atoms with van der Waals surface area (Å²) in [6.07, 6.45) is 4.22. The van der Waals surface area contributed by atoms with Gasteiger partial charge in [-0.25, -0.2) is 4.79 Å². The fourth-order valence-corrected chi connectivity index (χ4v) is 5.40. The van der Waals surface area contributed by atoms with E-state index in [1.54, 1.807) is 31.5 Å². The number of nitrogens with zero attached hydrogens (tertiary/aromatic N) is 1. The molecule has 0 fully saturated rings. The molecule has 2 aromatic rings. The van der Waals surface area contributed by atoms with E-state index >= 15 is 0 Å². The van der Waals surface area contributed by atoms with Crippen LogP contribution < -0.4 is 21.3 Å². The van der Waals surface area contributed by atoms with Crippen molar-refractivity contribution in [3.05, 3.63) is 66.0 Å². The number of nitrogens with one attached hydrogen (secondary N) is 4. The first kappa shape index (κ1) is 38.5. The molecule has 0 aliphatic heterocycles. The van der Waals surface area contributed by atoms with Crippen LogP contribution in [0.1, 0.15) is 65.0 Å². The van der Waals surface area contributed by atoms with E-state index in [0.29, 0.717) is 30.7 Å². The molecule has 0 radical (unpaired) electrons. The van der Waals surface area contributed by atoms with Crippen LogP contribution in [0.5, 0.6) is 0 Å². The molecule has 0 spiro atoms. The summed E-state index contributed by atoms with van der Waals surface area (Å²) in [5.74, 6) is -1.13. The van der Waals surface area contributed by atoms with E-state index in [0.717, 1.165) is 5.56 Å². The monoisotopic (exact) mass is 657 g/mol. The highest BCUT2D eigenvalue weighted by molar-refractivity contribution is 7.98. The van der Waals surface area contributed by atoms with Crippen molar-refractivity contribution in [1.29, 1.82) is 0 Å². The Labute approximate surface area is 277 Å². The van der Waals surface area contributed by atoms with Gasteiger partial charge >= 0.3 is 6.09 Å². The third-order valence-corrected chi connectivity index (χ3v) is 7.91. The first-order chi connectivity index (χ1) is 21.9. The Bertz CT molecular complexity index is 1220. The van der Waals surface area contributed by atoms with Gasteiger partial charge in [0.25, 0.3) is 0 Å². The Kier molecular flexibility index (Phi) is 17.2. The molecule has 5 atom stereocenters. The van der Waals surface area contributed by atoms with Crippen LogP contribution in [0.25, 0.3) is 0 Å². The maximum absolute atomic E-state index is 13.3. The Balaban J connectivity index is 2.00. The molecule has 254 valence electrons. The van der Waals surface area contributed by atoms with Crippen LogP contribution in [0.2, 0.25) is 0 Å². The van der Waals surface area contributed by atoms with Gasteiger partial charge in [-0.3, -0.25) is 19.4 Å². The first-order valence-corrected chi connectivity index (χ1v) is 17.2. The largest absolute Gasteiger partial charge is 0.445 e. The van der Waals surface area contributed by atoms with Gasteiger partial charge in [0.1, 0.15) is 18.7 Å². The molecular formula is C34H51N5O6S. The molecule has 46 heavy (non-hydrogen) atoms. The van der Waals surface area contributed by atoms with Gasteiger partial charge in [0.05, 0.1) is 12.1 Å². The van der Waals surface area contributed by atoms with Gasteiger partial charge in [0.15, 0.2) is 0 Å². The lowest BCUT2D eigenvalue weighted by Gasteiger charge is -2.29. The number of alkyl carbamates (subject to hydrolysis) is 1. The molecule has 0 unspecified atom stereocenters. The Morgan fingerprint density at radius 3 is 2.09 bits per heavy atom. The van der Waals surface area contributed by atoms with Gasteiger partial charge in [0, 0.05) is 36.2 Å². The van der Waals surface area contributed by atoms with Crippen LogP contribution in [-0.2, 0) is 32.3 Å². The number of carbonyl (C=O) groups is 4. The maximum Gasteiger partial charge on any atom is 0.408 e. The van der Waals surface area contributed by atoms with E-state index in [4.69, 9.17) is 4.74 Å². The van der Waals surface area contributed by atoms with Crippen molar-refractivity contribution < 1.29 is 29.0 Å². The summed E-state index contributed by atoms with van der Waals surface area (Å²) in [7, 11) is 0. The number of aromatic nitrogens is 1. The van der Waals surface area contributed by atoms with Crippen LogP contribution in [0.3, 0.4) is 0 Å². The van der Waals surface area contributed by atoms with E-state index < -0.39 is 42.1 Å². The van der Waals surface area contributed by atoms with E-state index in [1.165, 1.54) is 11.8 Å². The van der Waals surface area contributed by atoms with Gasteiger partial charge < -0.3 is 31.1 Å². The Hall–Kier alpha value is -3.64. The van der Waals surface area contributed by atoms with Crippen LogP contribution in [0, 0.1) is 17.8 Å². The minimum atomic E-state index is -1.05. The van der Waals surface area contributed by atoms with Crippen molar-refractivity contribution in [2.45, 2.75) is 91.3 Å². The number of ether oxygens (including phenoxy) is 1. The summed E-state index contributed by atoms with van der Waals surface area (Å²) in [6.45, 7) is 9.96. The zero-order valence-electron chi connectivity index (χ0n) is 27.8. The number of aliphatic hydroxyl groups excluding tert-OH is 1. The van der Waals surface area contributed by atoms with Crippen LogP contribution in [0.15, 0.2) is 54.9 Å². The minimum Gasteiger partial charge on any atom is -0.445 e. The van der Waals surface area contributed by atoms with Gasteiger partial charge in [-0.2, -0.15) is 11.8 Å². The maximum atomic E-state index is 13.3. The lowest BCUT2D eigenvalue weighted by Crippen LogP contribution is -2.54. The normalized spacial score (nSPS) is 14.5. The third-order valence-electron chi connectivity index (χ3n) is 7.24. The number of rotatable bonds is 19. The quantitative estimate of drug-likeness (QED) is 0.153. The Morgan fingerprint density at radius 2 is 1.48 bits per heavy atom.